The smallest absolute Gasteiger partial charge is 0.244 e. The first-order chi connectivity index (χ1) is 11.7. The van der Waals surface area contributed by atoms with Crippen LogP contribution in [0.5, 0.6) is 5.75 Å². The van der Waals surface area contributed by atoms with Crippen LogP contribution in [0.25, 0.3) is 0 Å². The van der Waals surface area contributed by atoms with Crippen LogP contribution in [0.3, 0.4) is 0 Å². The van der Waals surface area contributed by atoms with E-state index in [4.69, 9.17) is 4.74 Å². The van der Waals surface area contributed by atoms with E-state index in [9.17, 15) is 4.79 Å². The van der Waals surface area contributed by atoms with Crippen molar-refractivity contribution in [2.24, 2.45) is 0 Å². The lowest BCUT2D eigenvalue weighted by Gasteiger charge is -2.35. The summed E-state index contributed by atoms with van der Waals surface area (Å²) in [6.45, 7) is 0.144. The number of ether oxygens (including phenoxy) is 1. The van der Waals surface area contributed by atoms with Crippen molar-refractivity contribution in [2.45, 2.75) is 50.6 Å². The lowest BCUT2D eigenvalue weighted by Crippen LogP contribution is -2.47. The summed E-state index contributed by atoms with van der Waals surface area (Å²) in [7, 11) is 1.66. The molecule has 128 valence electrons. The fraction of sp³-hybridized carbons (Fsp3) is 0.500. The topological polar surface area (TPSA) is 69.0 Å². The van der Waals surface area contributed by atoms with Gasteiger partial charge in [0.25, 0.3) is 0 Å². The highest BCUT2D eigenvalue weighted by Crippen LogP contribution is 2.36. The Bertz CT molecular complexity index is 644. The van der Waals surface area contributed by atoms with Gasteiger partial charge in [0.15, 0.2) is 0 Å². The number of rotatable bonds is 5. The summed E-state index contributed by atoms with van der Waals surface area (Å²) in [5.41, 5.74) is 0.833. The third-order valence-corrected chi connectivity index (χ3v) is 4.73. The van der Waals surface area contributed by atoms with Gasteiger partial charge in [-0.2, -0.15) is 15.0 Å². The van der Waals surface area contributed by atoms with Gasteiger partial charge in [-0.1, -0.05) is 37.8 Å². The van der Waals surface area contributed by atoms with Crippen molar-refractivity contribution in [3.8, 4) is 5.75 Å². The van der Waals surface area contributed by atoms with Gasteiger partial charge < -0.3 is 10.1 Å². The summed E-state index contributed by atoms with van der Waals surface area (Å²) in [5.74, 6) is 0.776. The van der Waals surface area contributed by atoms with Gasteiger partial charge in [0, 0.05) is 0 Å². The van der Waals surface area contributed by atoms with Crippen molar-refractivity contribution < 1.29 is 9.53 Å². The summed E-state index contributed by atoms with van der Waals surface area (Å²) < 4.78 is 5.26. The maximum atomic E-state index is 12.6. The zero-order valence-corrected chi connectivity index (χ0v) is 14.1. The van der Waals surface area contributed by atoms with Crippen LogP contribution >= 0.6 is 0 Å². The Morgan fingerprint density at radius 1 is 1.12 bits per heavy atom. The molecule has 1 aliphatic rings. The molecule has 0 saturated heterocycles. The Labute approximate surface area is 142 Å². The van der Waals surface area contributed by atoms with E-state index in [1.54, 1.807) is 19.5 Å². The van der Waals surface area contributed by atoms with Crippen LogP contribution in [-0.2, 0) is 16.9 Å². The van der Waals surface area contributed by atoms with E-state index in [2.05, 4.69) is 27.6 Å². The lowest BCUT2D eigenvalue weighted by molar-refractivity contribution is -0.124. The Morgan fingerprint density at radius 2 is 1.75 bits per heavy atom. The molecule has 0 atom stereocenters. The van der Waals surface area contributed by atoms with E-state index in [1.807, 2.05) is 12.1 Å². The van der Waals surface area contributed by atoms with Crippen LogP contribution in [0.1, 0.15) is 44.1 Å². The number of nitrogens with one attached hydrogen (secondary N) is 1. The molecule has 0 aliphatic heterocycles. The number of methoxy groups -OCH3 is 1. The first-order valence-electron chi connectivity index (χ1n) is 8.51. The second kappa shape index (κ2) is 7.47. The van der Waals surface area contributed by atoms with Crippen molar-refractivity contribution in [1.29, 1.82) is 0 Å². The first kappa shape index (κ1) is 16.5. The van der Waals surface area contributed by atoms with Crippen molar-refractivity contribution in [1.82, 2.24) is 20.3 Å². The number of hydrogen-bond donors (Lipinski definition) is 1. The molecule has 2 aromatic rings. The minimum Gasteiger partial charge on any atom is -0.497 e. The predicted octanol–water partition coefficient (Wildman–Crippen LogP) is 2.65. The Kier molecular flexibility index (Phi) is 5.13. The zero-order chi connectivity index (χ0) is 16.8. The number of nitrogens with zero attached hydrogens (tertiary/aromatic N) is 3. The van der Waals surface area contributed by atoms with Gasteiger partial charge in [-0.3, -0.25) is 4.79 Å². The molecule has 1 aliphatic carbocycles. The van der Waals surface area contributed by atoms with E-state index in [-0.39, 0.29) is 18.0 Å². The number of hydrogen-bond acceptors (Lipinski definition) is 4. The van der Waals surface area contributed by atoms with Gasteiger partial charge in [0.1, 0.15) is 12.3 Å². The van der Waals surface area contributed by atoms with E-state index in [0.717, 1.165) is 37.0 Å². The molecule has 0 radical (unpaired) electrons. The molecule has 1 aromatic heterocycles. The zero-order valence-electron chi connectivity index (χ0n) is 14.1. The average molecular weight is 328 g/mol. The van der Waals surface area contributed by atoms with Gasteiger partial charge in [0.05, 0.1) is 25.0 Å². The van der Waals surface area contributed by atoms with Crippen molar-refractivity contribution in [2.75, 3.05) is 7.11 Å². The van der Waals surface area contributed by atoms with Crippen LogP contribution in [0.15, 0.2) is 36.7 Å². The fourth-order valence-electron chi connectivity index (χ4n) is 3.49. The fourth-order valence-corrected chi connectivity index (χ4v) is 3.49. The molecular weight excluding hydrogens is 304 g/mol. The maximum absolute atomic E-state index is 12.6. The highest BCUT2D eigenvalue weighted by atomic mass is 16.5. The number of carbonyl (C=O) groups excluding carboxylic acids is 1. The maximum Gasteiger partial charge on any atom is 0.244 e. The van der Waals surface area contributed by atoms with Crippen LogP contribution in [-0.4, -0.2) is 28.0 Å². The Morgan fingerprint density at radius 3 is 2.33 bits per heavy atom. The van der Waals surface area contributed by atoms with E-state index >= 15 is 0 Å². The molecule has 1 N–H and O–H groups in total. The second-order valence-corrected chi connectivity index (χ2v) is 6.33. The highest BCUT2D eigenvalue weighted by molar-refractivity contribution is 5.76. The number of aromatic nitrogens is 3. The molecule has 6 heteroatoms. The van der Waals surface area contributed by atoms with Gasteiger partial charge >= 0.3 is 0 Å². The van der Waals surface area contributed by atoms with E-state index in [1.165, 1.54) is 17.6 Å². The molecule has 1 saturated carbocycles. The predicted molar refractivity (Wildman–Crippen MR) is 90.5 cm³/mol. The molecular formula is C18H24N4O2. The molecule has 0 spiro atoms. The van der Waals surface area contributed by atoms with Crippen LogP contribution in [0.4, 0.5) is 0 Å². The van der Waals surface area contributed by atoms with Crippen molar-refractivity contribution >= 4 is 5.91 Å². The van der Waals surface area contributed by atoms with Crippen LogP contribution in [0, 0.1) is 0 Å². The number of amides is 1. The summed E-state index contributed by atoms with van der Waals surface area (Å²) >= 11 is 0. The van der Waals surface area contributed by atoms with Gasteiger partial charge in [0.2, 0.25) is 5.91 Å². The number of benzene rings is 1. The molecule has 3 rings (SSSR count). The summed E-state index contributed by atoms with van der Waals surface area (Å²) in [5, 5.41) is 11.3. The Balaban J connectivity index is 1.82. The minimum atomic E-state index is -0.312. The third kappa shape index (κ3) is 3.75. The summed E-state index contributed by atoms with van der Waals surface area (Å²) in [4.78, 5) is 14.0. The van der Waals surface area contributed by atoms with Crippen molar-refractivity contribution in [3.63, 3.8) is 0 Å². The van der Waals surface area contributed by atoms with Crippen LogP contribution in [0.2, 0.25) is 0 Å². The summed E-state index contributed by atoms with van der Waals surface area (Å²) in [6.07, 6.45) is 9.74. The number of carbonyl (C=O) groups is 1. The van der Waals surface area contributed by atoms with Gasteiger partial charge in [-0.05, 0) is 30.5 Å². The van der Waals surface area contributed by atoms with Crippen molar-refractivity contribution in [3.05, 3.63) is 42.2 Å². The first-order valence-corrected chi connectivity index (χ1v) is 8.51. The van der Waals surface area contributed by atoms with Gasteiger partial charge in [-0.15, -0.1) is 0 Å². The highest BCUT2D eigenvalue weighted by Gasteiger charge is 2.34. The lowest BCUT2D eigenvalue weighted by atomic mass is 9.82. The van der Waals surface area contributed by atoms with E-state index < -0.39 is 0 Å². The molecule has 1 fully saturated rings. The molecule has 0 bridgehead atoms. The molecule has 1 heterocycles. The second-order valence-electron chi connectivity index (χ2n) is 6.33. The molecule has 1 amide bonds. The van der Waals surface area contributed by atoms with E-state index in [0.29, 0.717) is 0 Å². The average Bonchev–Trinajstić information content (AvgIpc) is 2.99. The Hall–Kier alpha value is -2.37. The molecule has 0 unspecified atom stereocenters. The molecule has 6 nitrogen and oxygen atoms in total. The van der Waals surface area contributed by atoms with Crippen LogP contribution < -0.4 is 10.1 Å². The normalized spacial score (nSPS) is 17.0. The standard InChI is InChI=1S/C18H24N4O2/c1-24-16-8-6-15(7-9-16)18(10-4-2-3-5-11-18)21-17(23)14-22-19-12-13-20-22/h6-9,12-13H,2-5,10-11,14H2,1H3,(H,21,23). The quantitative estimate of drug-likeness (QED) is 0.857. The largest absolute Gasteiger partial charge is 0.497 e. The third-order valence-electron chi connectivity index (χ3n) is 4.73. The molecule has 1 aromatic carbocycles. The molecule has 24 heavy (non-hydrogen) atoms. The SMILES string of the molecule is COc1ccc(C2(NC(=O)Cn3nccn3)CCCCCC2)cc1. The monoisotopic (exact) mass is 328 g/mol. The summed E-state index contributed by atoms with van der Waals surface area (Å²) in [6, 6.07) is 8.06. The minimum absolute atomic E-state index is 0.0519. The van der Waals surface area contributed by atoms with Gasteiger partial charge in [-0.25, -0.2) is 0 Å².